The van der Waals surface area contributed by atoms with Crippen LogP contribution in [-0.4, -0.2) is 52.8 Å². The van der Waals surface area contributed by atoms with Crippen molar-refractivity contribution in [3.05, 3.63) is 53.6 Å². The monoisotopic (exact) mass is 458 g/mol. The molecule has 0 radical (unpaired) electrons. The maximum Gasteiger partial charge on any atom is 0.263 e. The Hall–Kier alpha value is -3.37. The smallest absolute Gasteiger partial charge is 0.263 e. The molecule has 4 rings (SSSR count). The Morgan fingerprint density at radius 2 is 2.09 bits per heavy atom. The van der Waals surface area contributed by atoms with Gasteiger partial charge in [0.1, 0.15) is 6.61 Å². The summed E-state index contributed by atoms with van der Waals surface area (Å²) in [4.78, 5) is 31.2. The van der Waals surface area contributed by atoms with E-state index >= 15 is 0 Å². The number of nitrogens with one attached hydrogen (secondary N) is 1. The van der Waals surface area contributed by atoms with Crippen molar-refractivity contribution in [2.75, 3.05) is 36.6 Å². The summed E-state index contributed by atoms with van der Waals surface area (Å²) in [7, 11) is 0. The Balaban J connectivity index is 1.71. The molecule has 33 heavy (non-hydrogen) atoms. The van der Waals surface area contributed by atoms with Gasteiger partial charge in [0.15, 0.2) is 0 Å². The van der Waals surface area contributed by atoms with E-state index in [1.165, 1.54) is 18.2 Å². The number of morpholine rings is 1. The second-order valence-corrected chi connectivity index (χ2v) is 7.82. The number of benzene rings is 2. The zero-order chi connectivity index (χ0) is 23.5. The molecule has 1 aliphatic rings. The summed E-state index contributed by atoms with van der Waals surface area (Å²) < 4.78 is 33.1. The molecule has 1 atom stereocenters. The Morgan fingerprint density at radius 1 is 1.27 bits per heavy atom. The number of hydrogen-bond donors (Lipinski definition) is 2. The lowest BCUT2D eigenvalue weighted by atomic mass is 10.1. The van der Waals surface area contributed by atoms with E-state index in [1.807, 2.05) is 6.92 Å². The van der Waals surface area contributed by atoms with Gasteiger partial charge in [-0.2, -0.15) is 0 Å². The van der Waals surface area contributed by atoms with Crippen LogP contribution in [0.1, 0.15) is 41.7 Å². The van der Waals surface area contributed by atoms with Crippen LogP contribution in [0.4, 0.5) is 20.4 Å². The zero-order valence-electron chi connectivity index (χ0n) is 18.0. The number of anilines is 2. The van der Waals surface area contributed by atoms with Gasteiger partial charge in [-0.15, -0.1) is 0 Å². The molecule has 1 saturated heterocycles. The number of aromatic nitrogens is 2. The first kappa shape index (κ1) is 22.8. The Kier molecular flexibility index (Phi) is 6.66. The third kappa shape index (κ3) is 4.71. The van der Waals surface area contributed by atoms with Gasteiger partial charge in [0.2, 0.25) is 5.95 Å². The van der Waals surface area contributed by atoms with Gasteiger partial charge < -0.3 is 19.3 Å². The molecule has 2 aromatic carbocycles. The number of imidazole rings is 1. The number of carbonyl (C=O) groups is 2. The number of ether oxygens (including phenoxy) is 1. The van der Waals surface area contributed by atoms with E-state index in [2.05, 4.69) is 10.3 Å². The van der Waals surface area contributed by atoms with Gasteiger partial charge in [0.05, 0.1) is 17.6 Å². The van der Waals surface area contributed by atoms with Gasteiger partial charge in [-0.1, -0.05) is 12.1 Å². The van der Waals surface area contributed by atoms with Gasteiger partial charge in [-0.3, -0.25) is 14.9 Å². The Bertz CT molecular complexity index is 1180. The largest absolute Gasteiger partial charge is 0.396 e. The lowest BCUT2D eigenvalue weighted by Crippen LogP contribution is -2.41. The average Bonchev–Trinajstić information content (AvgIpc) is 3.16. The van der Waals surface area contributed by atoms with Crippen molar-refractivity contribution in [1.29, 1.82) is 0 Å². The number of rotatable bonds is 7. The summed E-state index contributed by atoms with van der Waals surface area (Å²) in [5, 5.41) is 12.2. The second-order valence-electron chi connectivity index (χ2n) is 7.82. The minimum atomic E-state index is -2.69. The quantitative estimate of drug-likeness (QED) is 0.565. The lowest BCUT2D eigenvalue weighted by Gasteiger charge is -2.26. The molecular formula is C23H24F2N4O4. The van der Waals surface area contributed by atoms with Crippen LogP contribution in [0.3, 0.4) is 0 Å². The highest BCUT2D eigenvalue weighted by Gasteiger charge is 2.23. The predicted octanol–water partition coefficient (Wildman–Crippen LogP) is 3.53. The molecule has 0 spiro atoms. The first-order chi connectivity index (χ1) is 15.9. The van der Waals surface area contributed by atoms with E-state index in [-0.39, 0.29) is 42.2 Å². The van der Waals surface area contributed by atoms with E-state index in [1.54, 1.807) is 27.7 Å². The molecule has 0 unspecified atom stereocenters. The van der Waals surface area contributed by atoms with Crippen molar-refractivity contribution in [1.82, 2.24) is 9.55 Å². The molecule has 1 aliphatic heterocycles. The SMILES string of the molecule is C[C@H](CCO)n1c(NC(=O)c2cccc(C(F)F)c2)nc2cc(N3CCOCC3=O)ccc21. The third-order valence-electron chi connectivity index (χ3n) is 5.58. The fourth-order valence-corrected chi connectivity index (χ4v) is 3.89. The summed E-state index contributed by atoms with van der Waals surface area (Å²) in [6.45, 7) is 2.69. The molecule has 1 aromatic heterocycles. The minimum Gasteiger partial charge on any atom is -0.396 e. The van der Waals surface area contributed by atoms with E-state index in [4.69, 9.17) is 4.74 Å². The average molecular weight is 458 g/mol. The summed E-state index contributed by atoms with van der Waals surface area (Å²) in [6.07, 6.45) is -2.27. The molecular weight excluding hydrogens is 434 g/mol. The first-order valence-electron chi connectivity index (χ1n) is 10.6. The van der Waals surface area contributed by atoms with E-state index in [9.17, 15) is 23.5 Å². The number of aliphatic hydroxyl groups excluding tert-OH is 1. The number of hydrogen-bond acceptors (Lipinski definition) is 5. The Morgan fingerprint density at radius 3 is 2.82 bits per heavy atom. The molecule has 8 nitrogen and oxygen atoms in total. The van der Waals surface area contributed by atoms with Crippen molar-refractivity contribution in [2.24, 2.45) is 0 Å². The summed E-state index contributed by atoms with van der Waals surface area (Å²) in [5.74, 6) is -0.501. The normalized spacial score (nSPS) is 15.3. The van der Waals surface area contributed by atoms with Crippen molar-refractivity contribution in [2.45, 2.75) is 25.8 Å². The molecule has 0 bridgehead atoms. The van der Waals surface area contributed by atoms with Gasteiger partial charge in [-0.05, 0) is 43.7 Å². The standard InChI is InChI=1S/C23H24F2N4O4/c1-14(7-9-30)29-19-6-5-17(28-8-10-33-13-20(28)31)12-18(19)26-23(29)27-22(32)16-4-2-3-15(11-16)21(24)25/h2-6,11-12,14,21,30H,7-10,13H2,1H3,(H,26,27,32)/t14-/m1/s1. The molecule has 2 N–H and O–H groups in total. The van der Waals surface area contributed by atoms with Crippen molar-refractivity contribution < 1.29 is 28.2 Å². The van der Waals surface area contributed by atoms with Gasteiger partial charge in [-0.25, -0.2) is 13.8 Å². The highest BCUT2D eigenvalue weighted by atomic mass is 19.3. The number of nitrogens with zero attached hydrogens (tertiary/aromatic N) is 3. The van der Waals surface area contributed by atoms with E-state index < -0.39 is 12.3 Å². The fourth-order valence-electron chi connectivity index (χ4n) is 3.89. The molecule has 10 heteroatoms. The highest BCUT2D eigenvalue weighted by Crippen LogP contribution is 2.30. The number of fused-ring (bicyclic) bond motifs is 1. The Labute approximate surface area is 188 Å². The molecule has 174 valence electrons. The first-order valence-corrected chi connectivity index (χ1v) is 10.6. The summed E-state index contributed by atoms with van der Waals surface area (Å²) in [6, 6.07) is 10.4. The number of halogens is 2. The lowest BCUT2D eigenvalue weighted by molar-refractivity contribution is -0.125. The van der Waals surface area contributed by atoms with Crippen LogP contribution >= 0.6 is 0 Å². The summed E-state index contributed by atoms with van der Waals surface area (Å²) in [5.41, 5.74) is 1.76. The third-order valence-corrected chi connectivity index (χ3v) is 5.58. The van der Waals surface area contributed by atoms with Crippen molar-refractivity contribution >= 4 is 34.5 Å². The van der Waals surface area contributed by atoms with Gasteiger partial charge >= 0.3 is 0 Å². The van der Waals surface area contributed by atoms with Gasteiger partial charge in [0, 0.05) is 36.0 Å². The molecule has 0 aliphatic carbocycles. The maximum atomic E-state index is 13.0. The van der Waals surface area contributed by atoms with Gasteiger partial charge in [0.25, 0.3) is 18.2 Å². The topological polar surface area (TPSA) is 96.7 Å². The molecule has 2 amide bonds. The number of alkyl halides is 2. The van der Waals surface area contributed by atoms with Crippen molar-refractivity contribution in [3.63, 3.8) is 0 Å². The van der Waals surface area contributed by atoms with Crippen LogP contribution in [0.15, 0.2) is 42.5 Å². The molecule has 2 heterocycles. The van der Waals surface area contributed by atoms with Crippen LogP contribution in [0.5, 0.6) is 0 Å². The molecule has 0 saturated carbocycles. The van der Waals surface area contributed by atoms with E-state index in [0.29, 0.717) is 36.3 Å². The summed E-state index contributed by atoms with van der Waals surface area (Å²) >= 11 is 0. The second kappa shape index (κ2) is 9.63. The minimum absolute atomic E-state index is 0.0129. The van der Waals surface area contributed by atoms with Crippen LogP contribution < -0.4 is 10.2 Å². The van der Waals surface area contributed by atoms with Crippen molar-refractivity contribution in [3.8, 4) is 0 Å². The van der Waals surface area contributed by atoms with Crippen LogP contribution in [-0.2, 0) is 9.53 Å². The van der Waals surface area contributed by atoms with Crippen LogP contribution in [0.25, 0.3) is 11.0 Å². The highest BCUT2D eigenvalue weighted by molar-refractivity contribution is 6.04. The van der Waals surface area contributed by atoms with Crippen LogP contribution in [0.2, 0.25) is 0 Å². The predicted molar refractivity (Wildman–Crippen MR) is 119 cm³/mol. The number of amides is 2. The molecule has 1 fully saturated rings. The molecule has 3 aromatic rings. The maximum absolute atomic E-state index is 13.0. The zero-order valence-corrected chi connectivity index (χ0v) is 18.0. The number of carbonyl (C=O) groups excluding carboxylic acids is 2. The fraction of sp³-hybridized carbons (Fsp3) is 0.348. The van der Waals surface area contributed by atoms with E-state index in [0.717, 1.165) is 6.07 Å². The van der Waals surface area contributed by atoms with Crippen LogP contribution in [0, 0.1) is 0 Å². The number of aliphatic hydroxyl groups is 1.